The van der Waals surface area contributed by atoms with Crippen LogP contribution in [0.4, 0.5) is 5.69 Å². The maximum absolute atomic E-state index is 12.1. The molecule has 1 saturated heterocycles. The first-order chi connectivity index (χ1) is 10.3. The van der Waals surface area contributed by atoms with Gasteiger partial charge in [0.05, 0.1) is 24.4 Å². The van der Waals surface area contributed by atoms with E-state index in [9.17, 15) is 4.79 Å². The van der Waals surface area contributed by atoms with Crippen LogP contribution < -0.4 is 5.32 Å². The fourth-order valence-electron chi connectivity index (χ4n) is 2.52. The van der Waals surface area contributed by atoms with Crippen molar-refractivity contribution >= 4 is 22.5 Å². The molecule has 5 nitrogen and oxygen atoms in total. The first kappa shape index (κ1) is 13.8. The molecule has 1 aromatic heterocycles. The van der Waals surface area contributed by atoms with E-state index in [0.717, 1.165) is 16.6 Å². The van der Waals surface area contributed by atoms with Gasteiger partial charge in [0.1, 0.15) is 0 Å². The smallest absolute Gasteiger partial charge is 0.224 e. The summed E-state index contributed by atoms with van der Waals surface area (Å²) in [7, 11) is 0. The lowest BCUT2D eigenvalue weighted by atomic mass is 10.2. The number of fused-ring (bicyclic) bond motifs is 1. The standard InChI is InChI=1S/C16H19N3O2/c20-15(19-9-11-21-12-10-19)6-8-17-14-5-1-3-13-4-2-7-18-16(13)14/h1-5,7,17H,6,8-12H2. The quantitative estimate of drug-likeness (QED) is 0.932. The molecule has 1 N–H and O–H groups in total. The van der Waals surface area contributed by atoms with Gasteiger partial charge in [-0.1, -0.05) is 18.2 Å². The van der Waals surface area contributed by atoms with E-state index in [0.29, 0.717) is 39.3 Å². The highest BCUT2D eigenvalue weighted by Crippen LogP contribution is 2.20. The summed E-state index contributed by atoms with van der Waals surface area (Å²) < 4.78 is 5.25. The second-order valence-corrected chi connectivity index (χ2v) is 5.05. The van der Waals surface area contributed by atoms with E-state index in [1.807, 2.05) is 35.2 Å². The number of nitrogens with one attached hydrogen (secondary N) is 1. The SMILES string of the molecule is O=C(CCNc1cccc2cccnc12)N1CCOCC1. The van der Waals surface area contributed by atoms with Crippen LogP contribution in [-0.2, 0) is 9.53 Å². The van der Waals surface area contributed by atoms with Gasteiger partial charge < -0.3 is 15.0 Å². The molecule has 1 aliphatic rings. The number of nitrogens with zero attached hydrogens (tertiary/aromatic N) is 2. The summed E-state index contributed by atoms with van der Waals surface area (Å²) in [5.41, 5.74) is 1.92. The number of anilines is 1. The lowest BCUT2D eigenvalue weighted by Crippen LogP contribution is -2.41. The van der Waals surface area contributed by atoms with Crippen LogP contribution in [0.3, 0.4) is 0 Å². The van der Waals surface area contributed by atoms with Gasteiger partial charge in [0, 0.05) is 37.6 Å². The number of benzene rings is 1. The Kier molecular flexibility index (Phi) is 4.31. The Labute approximate surface area is 123 Å². The molecule has 0 aliphatic carbocycles. The van der Waals surface area contributed by atoms with E-state index >= 15 is 0 Å². The highest BCUT2D eigenvalue weighted by Gasteiger charge is 2.16. The predicted octanol–water partition coefficient (Wildman–Crippen LogP) is 1.90. The molecule has 110 valence electrons. The van der Waals surface area contributed by atoms with Crippen molar-refractivity contribution in [3.8, 4) is 0 Å². The highest BCUT2D eigenvalue weighted by molar-refractivity contribution is 5.90. The van der Waals surface area contributed by atoms with E-state index in [1.165, 1.54) is 0 Å². The summed E-state index contributed by atoms with van der Waals surface area (Å²) in [6, 6.07) is 9.98. The van der Waals surface area contributed by atoms with Gasteiger partial charge in [-0.15, -0.1) is 0 Å². The van der Waals surface area contributed by atoms with Gasteiger partial charge in [-0.3, -0.25) is 9.78 Å². The molecule has 0 atom stereocenters. The lowest BCUT2D eigenvalue weighted by Gasteiger charge is -2.26. The molecule has 1 aromatic carbocycles. The second kappa shape index (κ2) is 6.54. The van der Waals surface area contributed by atoms with Gasteiger partial charge >= 0.3 is 0 Å². The zero-order valence-corrected chi connectivity index (χ0v) is 11.9. The van der Waals surface area contributed by atoms with Crippen molar-refractivity contribution in [2.24, 2.45) is 0 Å². The monoisotopic (exact) mass is 285 g/mol. The highest BCUT2D eigenvalue weighted by atomic mass is 16.5. The number of morpholine rings is 1. The molecule has 0 saturated carbocycles. The van der Waals surface area contributed by atoms with Crippen molar-refractivity contribution < 1.29 is 9.53 Å². The molecule has 5 heteroatoms. The number of hydrogen-bond acceptors (Lipinski definition) is 4. The Balaban J connectivity index is 1.58. The normalized spacial score (nSPS) is 15.1. The lowest BCUT2D eigenvalue weighted by molar-refractivity contribution is -0.134. The number of pyridine rings is 1. The number of hydrogen-bond donors (Lipinski definition) is 1. The Morgan fingerprint density at radius 2 is 2.05 bits per heavy atom. The number of ether oxygens (including phenoxy) is 1. The van der Waals surface area contributed by atoms with Crippen LogP contribution in [0.2, 0.25) is 0 Å². The molecular weight excluding hydrogens is 266 g/mol. The van der Waals surface area contributed by atoms with Crippen LogP contribution in [0.1, 0.15) is 6.42 Å². The molecule has 1 fully saturated rings. The molecule has 1 amide bonds. The molecule has 2 aromatic rings. The molecule has 2 heterocycles. The van der Waals surface area contributed by atoms with E-state index in [2.05, 4.69) is 10.3 Å². The third kappa shape index (κ3) is 3.31. The van der Waals surface area contributed by atoms with Gasteiger partial charge in [0.25, 0.3) is 0 Å². The molecule has 0 radical (unpaired) electrons. The molecule has 0 spiro atoms. The van der Waals surface area contributed by atoms with Crippen LogP contribution in [0.15, 0.2) is 36.5 Å². The van der Waals surface area contributed by atoms with Crippen LogP contribution in [0.25, 0.3) is 10.9 Å². The van der Waals surface area contributed by atoms with Gasteiger partial charge in [0.2, 0.25) is 5.91 Å². The molecule has 0 bridgehead atoms. The zero-order valence-electron chi connectivity index (χ0n) is 11.9. The van der Waals surface area contributed by atoms with Crippen LogP contribution in [-0.4, -0.2) is 48.6 Å². The van der Waals surface area contributed by atoms with Crippen molar-refractivity contribution in [3.05, 3.63) is 36.5 Å². The number of amides is 1. The third-order valence-electron chi connectivity index (χ3n) is 3.65. The Hall–Kier alpha value is -2.14. The van der Waals surface area contributed by atoms with Gasteiger partial charge in [-0.05, 0) is 12.1 Å². The van der Waals surface area contributed by atoms with Gasteiger partial charge in [0.15, 0.2) is 0 Å². The first-order valence-electron chi connectivity index (χ1n) is 7.28. The van der Waals surface area contributed by atoms with Crippen molar-refractivity contribution in [1.29, 1.82) is 0 Å². The van der Waals surface area contributed by atoms with Crippen molar-refractivity contribution in [1.82, 2.24) is 9.88 Å². The number of aromatic nitrogens is 1. The molecule has 3 rings (SSSR count). The first-order valence-corrected chi connectivity index (χ1v) is 7.28. The topological polar surface area (TPSA) is 54.5 Å². The Bertz CT molecular complexity index is 618. The minimum absolute atomic E-state index is 0.180. The number of rotatable bonds is 4. The Morgan fingerprint density at radius 1 is 1.24 bits per heavy atom. The van der Waals surface area contributed by atoms with Gasteiger partial charge in [-0.2, -0.15) is 0 Å². The summed E-state index contributed by atoms with van der Waals surface area (Å²) in [6.07, 6.45) is 2.27. The molecule has 1 aliphatic heterocycles. The van der Waals surface area contributed by atoms with Crippen LogP contribution in [0, 0.1) is 0 Å². The predicted molar refractivity (Wildman–Crippen MR) is 82.2 cm³/mol. The number of carbonyl (C=O) groups is 1. The van der Waals surface area contributed by atoms with Crippen LogP contribution >= 0.6 is 0 Å². The molecular formula is C16H19N3O2. The maximum atomic E-state index is 12.1. The summed E-state index contributed by atoms with van der Waals surface area (Å²) in [5.74, 6) is 0.180. The summed E-state index contributed by atoms with van der Waals surface area (Å²) in [5, 5.41) is 4.42. The maximum Gasteiger partial charge on any atom is 0.224 e. The van der Waals surface area contributed by atoms with E-state index in [1.54, 1.807) is 6.20 Å². The molecule has 21 heavy (non-hydrogen) atoms. The zero-order chi connectivity index (χ0) is 14.5. The number of para-hydroxylation sites is 1. The Morgan fingerprint density at radius 3 is 2.90 bits per heavy atom. The minimum Gasteiger partial charge on any atom is -0.383 e. The van der Waals surface area contributed by atoms with E-state index in [4.69, 9.17) is 4.74 Å². The van der Waals surface area contributed by atoms with E-state index in [-0.39, 0.29) is 5.91 Å². The molecule has 0 unspecified atom stereocenters. The largest absolute Gasteiger partial charge is 0.383 e. The van der Waals surface area contributed by atoms with Crippen molar-refractivity contribution in [3.63, 3.8) is 0 Å². The van der Waals surface area contributed by atoms with E-state index < -0.39 is 0 Å². The second-order valence-electron chi connectivity index (χ2n) is 5.05. The average Bonchev–Trinajstić information content (AvgIpc) is 2.56. The van der Waals surface area contributed by atoms with Crippen molar-refractivity contribution in [2.45, 2.75) is 6.42 Å². The van der Waals surface area contributed by atoms with Crippen molar-refractivity contribution in [2.75, 3.05) is 38.2 Å². The van der Waals surface area contributed by atoms with Crippen LogP contribution in [0.5, 0.6) is 0 Å². The fourth-order valence-corrected chi connectivity index (χ4v) is 2.52. The average molecular weight is 285 g/mol. The number of carbonyl (C=O) groups excluding carboxylic acids is 1. The summed E-state index contributed by atoms with van der Waals surface area (Å²) >= 11 is 0. The summed E-state index contributed by atoms with van der Waals surface area (Å²) in [4.78, 5) is 18.3. The summed E-state index contributed by atoms with van der Waals surface area (Å²) in [6.45, 7) is 3.31. The fraction of sp³-hybridized carbons (Fsp3) is 0.375. The minimum atomic E-state index is 0.180. The van der Waals surface area contributed by atoms with Gasteiger partial charge in [-0.25, -0.2) is 0 Å². The third-order valence-corrected chi connectivity index (χ3v) is 3.65.